The number of halogens is 1. The van der Waals surface area contributed by atoms with E-state index in [0.717, 1.165) is 45.2 Å². The molecule has 0 atom stereocenters. The van der Waals surface area contributed by atoms with Crippen LogP contribution in [-0.2, 0) is 19.5 Å². The molecule has 7 heteroatoms. The fourth-order valence-corrected chi connectivity index (χ4v) is 4.50. The van der Waals surface area contributed by atoms with Crippen molar-refractivity contribution in [3.8, 4) is 0 Å². The van der Waals surface area contributed by atoms with Crippen molar-refractivity contribution in [2.45, 2.75) is 19.5 Å². The molecule has 0 saturated carbocycles. The van der Waals surface area contributed by atoms with Crippen molar-refractivity contribution in [1.29, 1.82) is 0 Å². The molecule has 0 saturated heterocycles. The first-order valence-electron chi connectivity index (χ1n) is 10.6. The number of rotatable bonds is 3. The summed E-state index contributed by atoms with van der Waals surface area (Å²) >= 11 is 0. The van der Waals surface area contributed by atoms with Gasteiger partial charge in [0.05, 0.1) is 12.1 Å². The Bertz CT molecular complexity index is 1470. The standard InChI is InChI=1S/C25H20FN5O/c26-18-9-10-21-19(13-18)20-15-30(12-11-22(20)27-21)25(32)17-7-5-16(6-8-17)14-31-24-4-2-1-3-23(24)28-29-31/h1-10,13,27H,11-12,14-15H2. The van der Waals surface area contributed by atoms with E-state index < -0.39 is 0 Å². The first-order chi connectivity index (χ1) is 15.7. The molecule has 1 N–H and O–H groups in total. The molecule has 158 valence electrons. The quantitative estimate of drug-likeness (QED) is 0.469. The molecule has 6 nitrogen and oxygen atoms in total. The van der Waals surface area contributed by atoms with Gasteiger partial charge in [-0.15, -0.1) is 5.10 Å². The van der Waals surface area contributed by atoms with Crippen molar-refractivity contribution in [3.63, 3.8) is 0 Å². The van der Waals surface area contributed by atoms with Gasteiger partial charge in [0.1, 0.15) is 11.3 Å². The van der Waals surface area contributed by atoms with E-state index in [4.69, 9.17) is 0 Å². The van der Waals surface area contributed by atoms with Gasteiger partial charge in [-0.3, -0.25) is 4.79 Å². The summed E-state index contributed by atoms with van der Waals surface area (Å²) < 4.78 is 15.6. The van der Waals surface area contributed by atoms with Crippen LogP contribution >= 0.6 is 0 Å². The first-order valence-corrected chi connectivity index (χ1v) is 10.6. The lowest BCUT2D eigenvalue weighted by Gasteiger charge is -2.27. The van der Waals surface area contributed by atoms with Gasteiger partial charge in [-0.1, -0.05) is 29.5 Å². The Morgan fingerprint density at radius 1 is 1.06 bits per heavy atom. The number of nitrogens with one attached hydrogen (secondary N) is 1. The van der Waals surface area contributed by atoms with Gasteiger partial charge < -0.3 is 9.88 Å². The fraction of sp³-hybridized carbons (Fsp3) is 0.160. The molecular formula is C25H20FN5O. The van der Waals surface area contributed by atoms with E-state index in [9.17, 15) is 9.18 Å². The molecule has 3 aromatic carbocycles. The van der Waals surface area contributed by atoms with Gasteiger partial charge in [-0.05, 0) is 48.0 Å². The van der Waals surface area contributed by atoms with E-state index >= 15 is 0 Å². The van der Waals surface area contributed by atoms with E-state index in [-0.39, 0.29) is 11.7 Å². The van der Waals surface area contributed by atoms with Crippen LogP contribution in [0.2, 0.25) is 0 Å². The van der Waals surface area contributed by atoms with Gasteiger partial charge in [0.15, 0.2) is 0 Å². The molecule has 0 bridgehead atoms. The predicted molar refractivity (Wildman–Crippen MR) is 120 cm³/mol. The smallest absolute Gasteiger partial charge is 0.254 e. The van der Waals surface area contributed by atoms with Crippen LogP contribution in [0.4, 0.5) is 4.39 Å². The Hall–Kier alpha value is -4.00. The van der Waals surface area contributed by atoms with Crippen LogP contribution in [0.3, 0.4) is 0 Å². The SMILES string of the molecule is O=C(c1ccc(Cn2nnc3ccccc32)cc1)N1CCc2[nH]c3ccc(F)cc3c2C1. The molecule has 0 fully saturated rings. The van der Waals surface area contributed by atoms with Gasteiger partial charge in [-0.25, -0.2) is 9.07 Å². The van der Waals surface area contributed by atoms with Crippen molar-refractivity contribution in [3.05, 3.63) is 94.9 Å². The van der Waals surface area contributed by atoms with E-state index in [2.05, 4.69) is 15.3 Å². The van der Waals surface area contributed by atoms with Crippen LogP contribution in [0.1, 0.15) is 27.2 Å². The van der Waals surface area contributed by atoms with Crippen molar-refractivity contribution < 1.29 is 9.18 Å². The van der Waals surface area contributed by atoms with E-state index in [1.54, 1.807) is 12.1 Å². The summed E-state index contributed by atoms with van der Waals surface area (Å²) in [7, 11) is 0. The first kappa shape index (κ1) is 18.7. The van der Waals surface area contributed by atoms with E-state index in [1.165, 1.54) is 6.07 Å². The molecule has 1 aliphatic heterocycles. The minimum Gasteiger partial charge on any atom is -0.358 e. The number of nitrogens with zero attached hydrogens (tertiary/aromatic N) is 4. The molecular weight excluding hydrogens is 405 g/mol. The highest BCUT2D eigenvalue weighted by Gasteiger charge is 2.25. The predicted octanol–water partition coefficient (Wildman–Crippen LogP) is 4.30. The zero-order valence-electron chi connectivity index (χ0n) is 17.3. The molecule has 2 aromatic heterocycles. The average molecular weight is 425 g/mol. The average Bonchev–Trinajstić information content (AvgIpc) is 3.40. The van der Waals surface area contributed by atoms with Crippen LogP contribution in [-0.4, -0.2) is 37.3 Å². The lowest BCUT2D eigenvalue weighted by atomic mass is 10.0. The van der Waals surface area contributed by atoms with Gasteiger partial charge in [0.25, 0.3) is 5.91 Å². The van der Waals surface area contributed by atoms with Crippen LogP contribution in [0.5, 0.6) is 0 Å². The van der Waals surface area contributed by atoms with Crippen molar-refractivity contribution in [2.75, 3.05) is 6.54 Å². The fourth-order valence-electron chi connectivity index (χ4n) is 4.50. The number of aromatic nitrogens is 4. The number of hydrogen-bond acceptors (Lipinski definition) is 3. The third kappa shape index (κ3) is 3.13. The zero-order valence-corrected chi connectivity index (χ0v) is 17.3. The van der Waals surface area contributed by atoms with Crippen molar-refractivity contribution in [1.82, 2.24) is 24.9 Å². The number of benzene rings is 3. The number of aromatic amines is 1. The van der Waals surface area contributed by atoms with E-state index in [0.29, 0.717) is 25.2 Å². The molecule has 0 radical (unpaired) electrons. The summed E-state index contributed by atoms with van der Waals surface area (Å²) in [6, 6.07) is 20.2. The maximum atomic E-state index is 13.8. The highest BCUT2D eigenvalue weighted by Crippen LogP contribution is 2.29. The lowest BCUT2D eigenvalue weighted by molar-refractivity contribution is 0.0735. The third-order valence-corrected chi connectivity index (χ3v) is 6.18. The van der Waals surface area contributed by atoms with Gasteiger partial charge in [0.2, 0.25) is 0 Å². The number of carbonyl (C=O) groups excluding carboxylic acids is 1. The summed E-state index contributed by atoms with van der Waals surface area (Å²) in [5.41, 5.74) is 6.54. The molecule has 1 amide bonds. The summed E-state index contributed by atoms with van der Waals surface area (Å²) in [5.74, 6) is -0.280. The highest BCUT2D eigenvalue weighted by atomic mass is 19.1. The highest BCUT2D eigenvalue weighted by molar-refractivity contribution is 5.95. The number of hydrogen-bond donors (Lipinski definition) is 1. The second-order valence-electron chi connectivity index (χ2n) is 8.18. The maximum absolute atomic E-state index is 13.8. The van der Waals surface area contributed by atoms with Crippen molar-refractivity contribution in [2.24, 2.45) is 0 Å². The second-order valence-corrected chi connectivity index (χ2v) is 8.18. The Balaban J connectivity index is 1.21. The number of para-hydroxylation sites is 1. The molecule has 5 aromatic rings. The molecule has 6 rings (SSSR count). The normalized spacial score (nSPS) is 13.6. The summed E-state index contributed by atoms with van der Waals surface area (Å²) in [6.45, 7) is 1.70. The molecule has 0 aliphatic carbocycles. The molecule has 3 heterocycles. The summed E-state index contributed by atoms with van der Waals surface area (Å²) in [5, 5.41) is 9.27. The van der Waals surface area contributed by atoms with E-state index in [1.807, 2.05) is 58.1 Å². The van der Waals surface area contributed by atoms with Crippen LogP contribution in [0.15, 0.2) is 66.7 Å². The second kappa shape index (κ2) is 7.30. The zero-order chi connectivity index (χ0) is 21.7. The molecule has 1 aliphatic rings. The molecule has 32 heavy (non-hydrogen) atoms. The van der Waals surface area contributed by atoms with Crippen molar-refractivity contribution >= 4 is 27.8 Å². The minimum atomic E-state index is -0.265. The Kier molecular flexibility index (Phi) is 4.28. The number of amides is 1. The Morgan fingerprint density at radius 3 is 2.78 bits per heavy atom. The van der Waals surface area contributed by atoms with Crippen LogP contribution in [0.25, 0.3) is 21.9 Å². The minimum absolute atomic E-state index is 0.0147. The van der Waals surface area contributed by atoms with Crippen LogP contribution in [0, 0.1) is 5.82 Å². The van der Waals surface area contributed by atoms with Gasteiger partial charge in [0, 0.05) is 47.2 Å². The number of carbonyl (C=O) groups is 1. The van der Waals surface area contributed by atoms with Crippen LogP contribution < -0.4 is 0 Å². The topological polar surface area (TPSA) is 66.8 Å². The maximum Gasteiger partial charge on any atom is 0.254 e. The molecule has 0 spiro atoms. The molecule has 0 unspecified atom stereocenters. The summed E-state index contributed by atoms with van der Waals surface area (Å²) in [4.78, 5) is 18.4. The largest absolute Gasteiger partial charge is 0.358 e. The monoisotopic (exact) mass is 425 g/mol. The Morgan fingerprint density at radius 2 is 1.91 bits per heavy atom. The van der Waals surface area contributed by atoms with Gasteiger partial charge >= 0.3 is 0 Å². The Labute approximate surface area is 183 Å². The summed E-state index contributed by atoms with van der Waals surface area (Å²) in [6.07, 6.45) is 0.731. The lowest BCUT2D eigenvalue weighted by Crippen LogP contribution is -2.35. The van der Waals surface area contributed by atoms with Gasteiger partial charge in [-0.2, -0.15) is 0 Å². The number of H-pyrrole nitrogens is 1. The number of fused-ring (bicyclic) bond motifs is 4. The third-order valence-electron chi connectivity index (χ3n) is 6.18.